The average molecular weight is 429 g/mol. The number of aryl methyl sites for hydroxylation is 2. The molecule has 170 valence electrons. The number of carbonyl (C=O) groups excluding carboxylic acids is 2. The third kappa shape index (κ3) is 5.43. The molecule has 4 rings (SSSR count). The minimum absolute atomic E-state index is 0.0699. The first-order valence-electron chi connectivity index (χ1n) is 12.0. The molecule has 3 aliphatic rings. The molecule has 3 fully saturated rings. The molecule has 1 aromatic heterocycles. The monoisotopic (exact) mass is 428 g/mol. The number of nitrogens with zero attached hydrogens (tertiary/aromatic N) is 3. The minimum atomic E-state index is -0.270. The Morgan fingerprint density at radius 2 is 1.74 bits per heavy atom. The van der Waals surface area contributed by atoms with Gasteiger partial charge in [0.15, 0.2) is 0 Å². The molecular formula is C24H36N4O3. The number of amides is 2. The van der Waals surface area contributed by atoms with Crippen molar-refractivity contribution < 1.29 is 14.3 Å². The summed E-state index contributed by atoms with van der Waals surface area (Å²) in [7, 11) is 0. The fourth-order valence-corrected chi connectivity index (χ4v) is 5.25. The fraction of sp³-hybridized carbons (Fsp3) is 0.750. The number of nitrogens with one attached hydrogen (secondary N) is 1. The van der Waals surface area contributed by atoms with Gasteiger partial charge in [-0.1, -0.05) is 19.3 Å². The normalized spacial score (nSPS) is 24.9. The molecule has 0 spiro atoms. The Hall–Kier alpha value is -2.02. The number of hydrogen-bond donors (Lipinski definition) is 1. The highest BCUT2D eigenvalue weighted by molar-refractivity contribution is 5.81. The van der Waals surface area contributed by atoms with E-state index in [2.05, 4.69) is 5.32 Å². The van der Waals surface area contributed by atoms with Gasteiger partial charge in [-0.2, -0.15) is 0 Å². The maximum Gasteiger partial charge on any atom is 0.251 e. The van der Waals surface area contributed by atoms with Crippen LogP contribution >= 0.6 is 0 Å². The molecule has 1 saturated carbocycles. The SMILES string of the molecule is Cc1nc([C@H]2CCCN(C(=O)[C@@H]3CCCO3)C2)nc(C)c1CC(=O)NC1CCCCC1. The number of hydrogen-bond acceptors (Lipinski definition) is 5. The number of carbonyl (C=O) groups is 2. The largest absolute Gasteiger partial charge is 0.368 e. The van der Waals surface area contributed by atoms with Gasteiger partial charge in [-0.05, 0) is 52.4 Å². The van der Waals surface area contributed by atoms with E-state index in [0.29, 0.717) is 25.6 Å². The summed E-state index contributed by atoms with van der Waals surface area (Å²) in [5.41, 5.74) is 2.69. The van der Waals surface area contributed by atoms with E-state index < -0.39 is 0 Å². The summed E-state index contributed by atoms with van der Waals surface area (Å²) in [6.45, 7) is 6.07. The smallest absolute Gasteiger partial charge is 0.251 e. The molecule has 0 unspecified atom stereocenters. The molecule has 2 saturated heterocycles. The second kappa shape index (κ2) is 10.1. The third-order valence-corrected chi connectivity index (χ3v) is 7.05. The summed E-state index contributed by atoms with van der Waals surface area (Å²) in [6.07, 6.45) is 9.64. The van der Waals surface area contributed by atoms with Crippen LogP contribution < -0.4 is 5.32 Å². The summed E-state index contributed by atoms with van der Waals surface area (Å²) in [5.74, 6) is 1.13. The Morgan fingerprint density at radius 1 is 1.00 bits per heavy atom. The first-order valence-corrected chi connectivity index (χ1v) is 12.0. The zero-order valence-electron chi connectivity index (χ0n) is 19.0. The molecule has 2 aliphatic heterocycles. The first kappa shape index (κ1) is 22.2. The summed E-state index contributed by atoms with van der Waals surface area (Å²) >= 11 is 0. The van der Waals surface area contributed by atoms with Crippen LogP contribution in [0.2, 0.25) is 0 Å². The fourth-order valence-electron chi connectivity index (χ4n) is 5.25. The molecule has 7 heteroatoms. The molecule has 2 amide bonds. The lowest BCUT2D eigenvalue weighted by Gasteiger charge is -2.33. The zero-order valence-corrected chi connectivity index (χ0v) is 19.0. The van der Waals surface area contributed by atoms with Crippen molar-refractivity contribution in [3.05, 3.63) is 22.8 Å². The first-order chi connectivity index (χ1) is 15.0. The lowest BCUT2D eigenvalue weighted by Crippen LogP contribution is -2.44. The third-order valence-electron chi connectivity index (χ3n) is 7.05. The summed E-state index contributed by atoms with van der Waals surface area (Å²) in [5, 5.41) is 3.19. The topological polar surface area (TPSA) is 84.4 Å². The number of rotatable bonds is 5. The van der Waals surface area contributed by atoms with Crippen LogP contribution in [-0.4, -0.2) is 58.5 Å². The van der Waals surface area contributed by atoms with Crippen molar-refractivity contribution >= 4 is 11.8 Å². The van der Waals surface area contributed by atoms with Crippen molar-refractivity contribution in [2.24, 2.45) is 0 Å². The lowest BCUT2D eigenvalue weighted by atomic mass is 9.95. The molecule has 7 nitrogen and oxygen atoms in total. The van der Waals surface area contributed by atoms with E-state index >= 15 is 0 Å². The van der Waals surface area contributed by atoms with Crippen molar-refractivity contribution in [3.63, 3.8) is 0 Å². The maximum absolute atomic E-state index is 12.8. The maximum atomic E-state index is 12.8. The highest BCUT2D eigenvalue weighted by atomic mass is 16.5. The van der Waals surface area contributed by atoms with Gasteiger partial charge in [0.2, 0.25) is 5.91 Å². The van der Waals surface area contributed by atoms with Gasteiger partial charge in [-0.3, -0.25) is 9.59 Å². The number of likely N-dealkylation sites (tertiary alicyclic amines) is 1. The number of ether oxygens (including phenoxy) is 1. The Labute approximate surface area is 185 Å². The van der Waals surface area contributed by atoms with Gasteiger partial charge in [0.25, 0.3) is 5.91 Å². The number of aromatic nitrogens is 2. The van der Waals surface area contributed by atoms with Crippen molar-refractivity contribution in [2.45, 2.75) is 96.1 Å². The Morgan fingerprint density at radius 3 is 2.42 bits per heavy atom. The predicted molar refractivity (Wildman–Crippen MR) is 118 cm³/mol. The molecule has 0 aromatic carbocycles. The van der Waals surface area contributed by atoms with Crippen molar-refractivity contribution in [1.82, 2.24) is 20.2 Å². The van der Waals surface area contributed by atoms with Gasteiger partial charge >= 0.3 is 0 Å². The summed E-state index contributed by atoms with van der Waals surface area (Å²) in [4.78, 5) is 36.9. The quantitative estimate of drug-likeness (QED) is 0.779. The van der Waals surface area contributed by atoms with Crippen LogP contribution in [-0.2, 0) is 20.7 Å². The van der Waals surface area contributed by atoms with Crippen LogP contribution in [0.3, 0.4) is 0 Å². The molecule has 1 aliphatic carbocycles. The number of piperidine rings is 1. The molecule has 1 N–H and O–H groups in total. The Bertz CT molecular complexity index is 777. The van der Waals surface area contributed by atoms with E-state index in [1.165, 1.54) is 19.3 Å². The lowest BCUT2D eigenvalue weighted by molar-refractivity contribution is -0.142. The minimum Gasteiger partial charge on any atom is -0.368 e. The van der Waals surface area contributed by atoms with Crippen LogP contribution in [0.25, 0.3) is 0 Å². The average Bonchev–Trinajstić information content (AvgIpc) is 3.31. The zero-order chi connectivity index (χ0) is 21.8. The Balaban J connectivity index is 1.40. The van der Waals surface area contributed by atoms with Crippen LogP contribution in [0.15, 0.2) is 0 Å². The van der Waals surface area contributed by atoms with E-state index in [0.717, 1.165) is 67.8 Å². The van der Waals surface area contributed by atoms with Crippen molar-refractivity contribution in [1.29, 1.82) is 0 Å². The van der Waals surface area contributed by atoms with Gasteiger partial charge in [0.1, 0.15) is 11.9 Å². The Kier molecular flexibility index (Phi) is 7.20. The van der Waals surface area contributed by atoms with Crippen LogP contribution in [0.4, 0.5) is 0 Å². The van der Waals surface area contributed by atoms with E-state index in [1.54, 1.807) is 0 Å². The van der Waals surface area contributed by atoms with Gasteiger partial charge < -0.3 is 15.0 Å². The van der Waals surface area contributed by atoms with E-state index in [-0.39, 0.29) is 23.8 Å². The van der Waals surface area contributed by atoms with Crippen LogP contribution in [0, 0.1) is 13.8 Å². The van der Waals surface area contributed by atoms with E-state index in [1.807, 2.05) is 18.7 Å². The van der Waals surface area contributed by atoms with Crippen LogP contribution in [0.5, 0.6) is 0 Å². The molecular weight excluding hydrogens is 392 g/mol. The highest BCUT2D eigenvalue weighted by Crippen LogP contribution is 2.28. The summed E-state index contributed by atoms with van der Waals surface area (Å²) in [6, 6.07) is 0.316. The van der Waals surface area contributed by atoms with E-state index in [4.69, 9.17) is 14.7 Å². The van der Waals surface area contributed by atoms with Gasteiger partial charge in [-0.15, -0.1) is 0 Å². The van der Waals surface area contributed by atoms with Crippen molar-refractivity contribution in [3.8, 4) is 0 Å². The van der Waals surface area contributed by atoms with Gasteiger partial charge in [0, 0.05) is 48.6 Å². The molecule has 2 atom stereocenters. The second-order valence-electron chi connectivity index (χ2n) is 9.44. The van der Waals surface area contributed by atoms with E-state index in [9.17, 15) is 9.59 Å². The van der Waals surface area contributed by atoms with Gasteiger partial charge in [-0.25, -0.2) is 9.97 Å². The molecule has 1 aromatic rings. The standard InChI is InChI=1S/C24H36N4O3/c1-16-20(14-22(29)27-19-9-4-3-5-10-19)17(2)26-23(25-16)18-8-6-12-28(15-18)24(30)21-11-7-13-31-21/h18-19,21H,3-15H2,1-2H3,(H,27,29)/t18-,21-/m0/s1. The summed E-state index contributed by atoms with van der Waals surface area (Å²) < 4.78 is 5.59. The molecule has 0 bridgehead atoms. The molecule has 31 heavy (non-hydrogen) atoms. The van der Waals surface area contributed by atoms with Gasteiger partial charge in [0.05, 0.1) is 6.42 Å². The van der Waals surface area contributed by atoms with Crippen LogP contribution in [0.1, 0.15) is 86.5 Å². The second-order valence-corrected chi connectivity index (χ2v) is 9.44. The van der Waals surface area contributed by atoms with Crippen molar-refractivity contribution in [2.75, 3.05) is 19.7 Å². The molecule has 3 heterocycles. The highest BCUT2D eigenvalue weighted by Gasteiger charge is 2.33. The molecule has 0 radical (unpaired) electrons. The predicted octanol–water partition coefficient (Wildman–Crippen LogP) is 2.97.